The van der Waals surface area contributed by atoms with Crippen molar-refractivity contribution in [1.82, 2.24) is 15.3 Å². The molecule has 1 aromatic carbocycles. The average Bonchev–Trinajstić information content (AvgIpc) is 2.52. The molecule has 2 aromatic rings. The highest BCUT2D eigenvalue weighted by Crippen LogP contribution is 2.30. The Morgan fingerprint density at radius 1 is 1.23 bits per heavy atom. The van der Waals surface area contributed by atoms with Crippen LogP contribution in [0.3, 0.4) is 0 Å². The number of hydrogen-bond donors (Lipinski definition) is 2. The largest absolute Gasteiger partial charge is 0.501 e. The van der Waals surface area contributed by atoms with Crippen molar-refractivity contribution in [2.75, 3.05) is 0 Å². The van der Waals surface area contributed by atoms with Crippen LogP contribution in [0.1, 0.15) is 34.8 Å². The zero-order valence-electron chi connectivity index (χ0n) is 13.6. The van der Waals surface area contributed by atoms with E-state index in [4.69, 9.17) is 0 Å². The second-order valence-electron chi connectivity index (χ2n) is 5.43. The van der Waals surface area contributed by atoms with E-state index in [0.29, 0.717) is 5.56 Å². The first-order valence-corrected chi connectivity index (χ1v) is 8.70. The van der Waals surface area contributed by atoms with Gasteiger partial charge in [-0.05, 0) is 31.5 Å². The lowest BCUT2D eigenvalue weighted by Crippen LogP contribution is -2.29. The van der Waals surface area contributed by atoms with Crippen LogP contribution in [0.2, 0.25) is 0 Å². The monoisotopic (exact) mass is 389 g/mol. The molecule has 26 heavy (non-hydrogen) atoms. The van der Waals surface area contributed by atoms with Gasteiger partial charge in [0.15, 0.2) is 0 Å². The van der Waals surface area contributed by atoms with Crippen molar-refractivity contribution >= 4 is 15.7 Å². The van der Waals surface area contributed by atoms with E-state index in [0.717, 1.165) is 18.2 Å². The fourth-order valence-electron chi connectivity index (χ4n) is 2.12. The summed E-state index contributed by atoms with van der Waals surface area (Å²) in [6.45, 7) is 3.05. The van der Waals surface area contributed by atoms with Gasteiger partial charge in [0.05, 0.1) is 10.9 Å². The van der Waals surface area contributed by atoms with Crippen molar-refractivity contribution < 1.29 is 26.4 Å². The zero-order valence-corrected chi connectivity index (χ0v) is 14.4. The summed E-state index contributed by atoms with van der Waals surface area (Å²) in [6.07, 6.45) is 0. The van der Waals surface area contributed by atoms with Crippen LogP contribution in [-0.2, 0) is 9.84 Å². The Labute approximate surface area is 146 Å². The molecule has 2 N–H and O–H groups in total. The lowest BCUT2D eigenvalue weighted by atomic mass is 10.1. The van der Waals surface area contributed by atoms with Crippen molar-refractivity contribution in [3.63, 3.8) is 0 Å². The van der Waals surface area contributed by atoms with Crippen molar-refractivity contribution in [3.8, 4) is 0 Å². The Hall–Kier alpha value is -2.69. The molecule has 140 valence electrons. The predicted molar refractivity (Wildman–Crippen MR) is 85.2 cm³/mol. The van der Waals surface area contributed by atoms with Crippen molar-refractivity contribution in [2.45, 2.75) is 30.3 Å². The number of alkyl halides is 3. The summed E-state index contributed by atoms with van der Waals surface area (Å²) < 4.78 is 60.2. The first-order chi connectivity index (χ1) is 11.9. The SMILES string of the molecule is Cc1nc(C(=O)N[C@H](C)c2ccc(S(=O)(=O)C(F)(F)F)cc2)cc(=O)[nH]1. The van der Waals surface area contributed by atoms with E-state index in [-0.39, 0.29) is 11.5 Å². The molecule has 0 aliphatic rings. The van der Waals surface area contributed by atoms with E-state index in [1.807, 2.05) is 0 Å². The van der Waals surface area contributed by atoms with Crippen LogP contribution in [-0.4, -0.2) is 29.8 Å². The number of aryl methyl sites for hydroxylation is 1. The molecule has 0 spiro atoms. The van der Waals surface area contributed by atoms with Gasteiger partial charge < -0.3 is 10.3 Å². The summed E-state index contributed by atoms with van der Waals surface area (Å²) in [5, 5.41) is 2.53. The third-order valence-electron chi connectivity index (χ3n) is 3.44. The van der Waals surface area contributed by atoms with E-state index in [9.17, 15) is 31.2 Å². The molecule has 1 atom stereocenters. The Kier molecular flexibility index (Phi) is 5.21. The molecule has 0 aliphatic carbocycles. The van der Waals surface area contributed by atoms with E-state index in [1.165, 1.54) is 19.1 Å². The Morgan fingerprint density at radius 3 is 2.31 bits per heavy atom. The molecule has 0 unspecified atom stereocenters. The molecule has 1 amide bonds. The lowest BCUT2D eigenvalue weighted by molar-refractivity contribution is -0.0436. The van der Waals surface area contributed by atoms with Gasteiger partial charge in [0.1, 0.15) is 11.5 Å². The average molecular weight is 389 g/mol. The van der Waals surface area contributed by atoms with Gasteiger partial charge in [0.25, 0.3) is 21.3 Å². The zero-order chi connectivity index (χ0) is 19.7. The van der Waals surface area contributed by atoms with Gasteiger partial charge in [-0.15, -0.1) is 0 Å². The minimum atomic E-state index is -5.43. The Bertz CT molecular complexity index is 982. The first kappa shape index (κ1) is 19.6. The van der Waals surface area contributed by atoms with Crippen LogP contribution >= 0.6 is 0 Å². The summed E-state index contributed by atoms with van der Waals surface area (Å²) >= 11 is 0. The molecular formula is C15H14F3N3O4S. The summed E-state index contributed by atoms with van der Waals surface area (Å²) in [6, 6.07) is 4.31. The molecule has 11 heteroatoms. The summed E-state index contributed by atoms with van der Waals surface area (Å²) in [5.41, 5.74) is -5.63. The number of H-pyrrole nitrogens is 1. The molecule has 0 fully saturated rings. The van der Waals surface area contributed by atoms with Gasteiger partial charge in [0, 0.05) is 6.07 Å². The van der Waals surface area contributed by atoms with Crippen molar-refractivity contribution in [2.24, 2.45) is 0 Å². The van der Waals surface area contributed by atoms with Crippen molar-refractivity contribution in [1.29, 1.82) is 0 Å². The van der Waals surface area contributed by atoms with Gasteiger partial charge in [0.2, 0.25) is 0 Å². The Balaban J connectivity index is 2.19. The van der Waals surface area contributed by atoms with Gasteiger partial charge >= 0.3 is 5.51 Å². The Morgan fingerprint density at radius 2 is 1.81 bits per heavy atom. The number of rotatable bonds is 4. The van der Waals surface area contributed by atoms with Crippen LogP contribution in [0.5, 0.6) is 0 Å². The second-order valence-corrected chi connectivity index (χ2v) is 7.37. The summed E-state index contributed by atoms with van der Waals surface area (Å²) in [4.78, 5) is 28.9. The predicted octanol–water partition coefficient (Wildman–Crippen LogP) is 1.86. The normalized spacial score (nSPS) is 13.3. The smallest absolute Gasteiger partial charge is 0.344 e. The third kappa shape index (κ3) is 4.10. The number of carbonyl (C=O) groups is 1. The minimum absolute atomic E-state index is 0.116. The summed E-state index contributed by atoms with van der Waals surface area (Å²) in [5.74, 6) is -0.407. The highest BCUT2D eigenvalue weighted by Gasteiger charge is 2.46. The van der Waals surface area contributed by atoms with Crippen LogP contribution in [0.25, 0.3) is 0 Å². The van der Waals surface area contributed by atoms with Gasteiger partial charge in [-0.1, -0.05) is 12.1 Å². The molecule has 0 saturated carbocycles. The number of aromatic amines is 1. The van der Waals surface area contributed by atoms with Crippen LogP contribution in [0.4, 0.5) is 13.2 Å². The molecule has 0 aliphatic heterocycles. The molecular weight excluding hydrogens is 375 g/mol. The standard InChI is InChI=1S/C15H14F3N3O4S/c1-8(19-14(23)12-7-13(22)21-9(2)20-12)10-3-5-11(6-4-10)26(24,25)15(16,17)18/h3-8H,1-2H3,(H,19,23)(H,20,21,22)/t8-/m1/s1. The fourth-order valence-corrected chi connectivity index (χ4v) is 2.88. The number of nitrogens with one attached hydrogen (secondary N) is 2. The number of amides is 1. The third-order valence-corrected chi connectivity index (χ3v) is 4.94. The number of carbonyl (C=O) groups excluding carboxylic acids is 1. The topological polar surface area (TPSA) is 109 Å². The minimum Gasteiger partial charge on any atom is -0.344 e. The van der Waals surface area contributed by atoms with E-state index < -0.39 is 37.7 Å². The first-order valence-electron chi connectivity index (χ1n) is 7.22. The molecule has 1 heterocycles. The maximum Gasteiger partial charge on any atom is 0.501 e. The quantitative estimate of drug-likeness (QED) is 0.830. The highest BCUT2D eigenvalue weighted by molar-refractivity contribution is 7.92. The highest BCUT2D eigenvalue weighted by atomic mass is 32.2. The van der Waals surface area contributed by atoms with E-state index >= 15 is 0 Å². The number of nitrogens with zero attached hydrogens (tertiary/aromatic N) is 1. The number of benzene rings is 1. The van der Waals surface area contributed by atoms with Crippen LogP contribution in [0, 0.1) is 6.92 Å². The van der Waals surface area contributed by atoms with E-state index in [2.05, 4.69) is 15.3 Å². The maximum absolute atomic E-state index is 12.5. The summed E-state index contributed by atoms with van der Waals surface area (Å²) in [7, 11) is -5.43. The number of aromatic nitrogens is 2. The molecule has 1 aromatic heterocycles. The van der Waals surface area contributed by atoms with Gasteiger partial charge in [-0.3, -0.25) is 9.59 Å². The van der Waals surface area contributed by atoms with Gasteiger partial charge in [-0.2, -0.15) is 13.2 Å². The molecule has 7 nitrogen and oxygen atoms in total. The lowest BCUT2D eigenvalue weighted by Gasteiger charge is -2.15. The second kappa shape index (κ2) is 6.90. The number of hydrogen-bond acceptors (Lipinski definition) is 5. The van der Waals surface area contributed by atoms with E-state index in [1.54, 1.807) is 6.92 Å². The molecule has 0 radical (unpaired) electrons. The molecule has 2 rings (SSSR count). The van der Waals surface area contributed by atoms with Crippen LogP contribution in [0.15, 0.2) is 40.0 Å². The molecule has 0 saturated heterocycles. The number of halogens is 3. The van der Waals surface area contributed by atoms with Crippen LogP contribution < -0.4 is 10.9 Å². The van der Waals surface area contributed by atoms with Crippen molar-refractivity contribution in [3.05, 3.63) is 57.8 Å². The van der Waals surface area contributed by atoms with Gasteiger partial charge in [-0.25, -0.2) is 13.4 Å². The number of sulfone groups is 1. The fraction of sp³-hybridized carbons (Fsp3) is 0.267. The molecule has 0 bridgehead atoms. The maximum atomic E-state index is 12.5.